The van der Waals surface area contributed by atoms with E-state index in [1.54, 1.807) is 36.5 Å². The van der Waals surface area contributed by atoms with Crippen LogP contribution in [0.3, 0.4) is 0 Å². The summed E-state index contributed by atoms with van der Waals surface area (Å²) in [5, 5.41) is 4.61. The molecule has 0 fully saturated rings. The van der Waals surface area contributed by atoms with Crippen LogP contribution in [0.15, 0.2) is 58.1 Å². The quantitative estimate of drug-likeness (QED) is 0.603. The van der Waals surface area contributed by atoms with Gasteiger partial charge in [-0.15, -0.1) is 0 Å². The second kappa shape index (κ2) is 9.08. The van der Waals surface area contributed by atoms with E-state index in [1.165, 1.54) is 28.8 Å². The number of anilines is 1. The van der Waals surface area contributed by atoms with Gasteiger partial charge < -0.3 is 10.6 Å². The minimum Gasteiger partial charge on any atom is -0.343 e. The van der Waals surface area contributed by atoms with Gasteiger partial charge in [0, 0.05) is 17.8 Å². The van der Waals surface area contributed by atoms with Crippen molar-refractivity contribution in [3.8, 4) is 0 Å². The number of carbonyl (C=O) groups is 2. The number of nitrogens with zero attached hydrogens (tertiary/aromatic N) is 2. The Morgan fingerprint density at radius 3 is 2.25 bits per heavy atom. The van der Waals surface area contributed by atoms with E-state index in [-0.39, 0.29) is 24.3 Å². The molecule has 2 aromatic carbocycles. The number of halogens is 3. The van der Waals surface area contributed by atoms with Gasteiger partial charge in [-0.05, 0) is 43.3 Å². The largest absolute Gasteiger partial charge is 0.405 e. The molecular weight excluding hydrogens is 429 g/mol. The second-order valence-electron chi connectivity index (χ2n) is 6.86. The maximum absolute atomic E-state index is 12.7. The average Bonchev–Trinajstić information content (AvgIpc) is 2.75. The molecule has 32 heavy (non-hydrogen) atoms. The molecule has 0 atom stereocenters. The first kappa shape index (κ1) is 22.8. The Morgan fingerprint density at radius 1 is 0.969 bits per heavy atom. The Hall–Kier alpha value is -3.89. The van der Waals surface area contributed by atoms with E-state index in [4.69, 9.17) is 0 Å². The van der Waals surface area contributed by atoms with Crippen LogP contribution < -0.4 is 21.9 Å². The maximum Gasteiger partial charge on any atom is 0.405 e. The smallest absolute Gasteiger partial charge is 0.343 e. The van der Waals surface area contributed by atoms with Crippen molar-refractivity contribution in [2.24, 2.45) is 0 Å². The van der Waals surface area contributed by atoms with Gasteiger partial charge in [-0.25, -0.2) is 4.79 Å². The third-order valence-corrected chi connectivity index (χ3v) is 4.63. The highest BCUT2D eigenvalue weighted by Crippen LogP contribution is 2.14. The molecule has 3 aromatic rings. The highest BCUT2D eigenvalue weighted by molar-refractivity contribution is 5.96. The van der Waals surface area contributed by atoms with Crippen molar-refractivity contribution in [1.29, 1.82) is 0 Å². The molecule has 2 N–H and O–H groups in total. The van der Waals surface area contributed by atoms with Crippen molar-refractivity contribution < 1.29 is 22.8 Å². The topological polar surface area (TPSA) is 102 Å². The van der Waals surface area contributed by atoms with Crippen LogP contribution in [0.4, 0.5) is 18.9 Å². The normalized spacial score (nSPS) is 11.4. The van der Waals surface area contributed by atoms with Crippen LogP contribution in [0.25, 0.3) is 10.9 Å². The van der Waals surface area contributed by atoms with Crippen molar-refractivity contribution in [3.05, 3.63) is 74.9 Å². The highest BCUT2D eigenvalue weighted by atomic mass is 19.4. The first-order chi connectivity index (χ1) is 15.1. The molecular formula is C21H19F3N4O4. The zero-order valence-corrected chi connectivity index (χ0v) is 16.9. The van der Waals surface area contributed by atoms with Gasteiger partial charge in [0.1, 0.15) is 13.1 Å². The molecule has 1 heterocycles. The molecule has 168 valence electrons. The Kier molecular flexibility index (Phi) is 6.47. The second-order valence-corrected chi connectivity index (χ2v) is 6.86. The summed E-state index contributed by atoms with van der Waals surface area (Å²) in [6.45, 7) is -0.0310. The number of hydrogen-bond donors (Lipinski definition) is 2. The number of carbonyl (C=O) groups excluding carboxylic acids is 2. The van der Waals surface area contributed by atoms with E-state index >= 15 is 0 Å². The summed E-state index contributed by atoms with van der Waals surface area (Å²) in [5.74, 6) is -1.46. The molecule has 8 nitrogen and oxygen atoms in total. The molecule has 0 aliphatic rings. The number of nitrogens with one attached hydrogen (secondary N) is 2. The lowest BCUT2D eigenvalue weighted by molar-refractivity contribution is -0.123. The number of hydrogen-bond acceptors (Lipinski definition) is 4. The van der Waals surface area contributed by atoms with Crippen LogP contribution in [-0.4, -0.2) is 33.7 Å². The van der Waals surface area contributed by atoms with Gasteiger partial charge in [0.25, 0.3) is 11.5 Å². The van der Waals surface area contributed by atoms with Crippen molar-refractivity contribution >= 4 is 28.4 Å². The predicted molar refractivity (Wildman–Crippen MR) is 112 cm³/mol. The van der Waals surface area contributed by atoms with E-state index in [0.717, 1.165) is 4.57 Å². The Labute approximate surface area is 179 Å². The summed E-state index contributed by atoms with van der Waals surface area (Å²) < 4.78 is 38.8. The summed E-state index contributed by atoms with van der Waals surface area (Å²) in [6, 6.07) is 11.7. The number of rotatable bonds is 6. The van der Waals surface area contributed by atoms with Gasteiger partial charge in [-0.3, -0.25) is 23.5 Å². The molecule has 0 aliphatic heterocycles. The summed E-state index contributed by atoms with van der Waals surface area (Å²) in [4.78, 5) is 49.4. The van der Waals surface area contributed by atoms with E-state index < -0.39 is 35.8 Å². The number of benzene rings is 2. The molecule has 0 unspecified atom stereocenters. The summed E-state index contributed by atoms with van der Waals surface area (Å²) in [5.41, 5.74) is -0.473. The summed E-state index contributed by atoms with van der Waals surface area (Å²) >= 11 is 0. The number of amides is 2. The number of fused-ring (bicyclic) bond motifs is 1. The molecule has 0 saturated heterocycles. The minimum atomic E-state index is -4.52. The Morgan fingerprint density at radius 2 is 1.62 bits per heavy atom. The van der Waals surface area contributed by atoms with E-state index in [9.17, 15) is 32.3 Å². The summed E-state index contributed by atoms with van der Waals surface area (Å²) in [6.07, 6.45) is -4.52. The van der Waals surface area contributed by atoms with E-state index in [1.807, 2.05) is 0 Å². The first-order valence-corrected chi connectivity index (χ1v) is 9.58. The molecule has 0 saturated carbocycles. The van der Waals surface area contributed by atoms with Gasteiger partial charge in [-0.1, -0.05) is 12.1 Å². The van der Waals surface area contributed by atoms with Gasteiger partial charge in [0.05, 0.1) is 10.9 Å². The number of aromatic nitrogens is 2. The Balaban J connectivity index is 1.77. The zero-order chi connectivity index (χ0) is 23.5. The molecule has 1 aromatic heterocycles. The predicted octanol–water partition coefficient (Wildman–Crippen LogP) is 2.11. The molecule has 11 heteroatoms. The number of para-hydroxylation sites is 1. The standard InChI is InChI=1S/C21H19F3N4O4/c1-2-27-19(31)15-5-3-4-6-16(15)28(20(27)32)11-17(29)26-14-9-7-13(8-10-14)18(30)25-12-21(22,23)24/h3-10H,2,11-12H2,1H3,(H,25,30)(H,26,29). The fraction of sp³-hybridized carbons (Fsp3) is 0.238. The molecule has 0 bridgehead atoms. The van der Waals surface area contributed by atoms with Gasteiger partial charge >= 0.3 is 11.9 Å². The van der Waals surface area contributed by atoms with Crippen molar-refractivity contribution in [2.45, 2.75) is 26.2 Å². The fourth-order valence-corrected chi connectivity index (χ4v) is 3.13. The van der Waals surface area contributed by atoms with Crippen LogP contribution in [0, 0.1) is 0 Å². The molecule has 0 radical (unpaired) electrons. The third kappa shape index (κ3) is 5.05. The zero-order valence-electron chi connectivity index (χ0n) is 16.9. The Bertz CT molecular complexity index is 1280. The molecule has 3 rings (SSSR count). The van der Waals surface area contributed by atoms with Crippen LogP contribution in [0.1, 0.15) is 17.3 Å². The molecule has 0 spiro atoms. The van der Waals surface area contributed by atoms with Crippen LogP contribution in [0.2, 0.25) is 0 Å². The monoisotopic (exact) mass is 448 g/mol. The van der Waals surface area contributed by atoms with Gasteiger partial charge in [0.2, 0.25) is 5.91 Å². The highest BCUT2D eigenvalue weighted by Gasteiger charge is 2.27. The minimum absolute atomic E-state index is 0.00974. The number of alkyl halides is 3. The van der Waals surface area contributed by atoms with Crippen molar-refractivity contribution in [3.63, 3.8) is 0 Å². The van der Waals surface area contributed by atoms with Gasteiger partial charge in [0.15, 0.2) is 0 Å². The van der Waals surface area contributed by atoms with Gasteiger partial charge in [-0.2, -0.15) is 13.2 Å². The van der Waals surface area contributed by atoms with E-state index in [2.05, 4.69) is 5.32 Å². The fourth-order valence-electron chi connectivity index (χ4n) is 3.13. The van der Waals surface area contributed by atoms with Crippen LogP contribution in [-0.2, 0) is 17.9 Å². The van der Waals surface area contributed by atoms with Crippen molar-refractivity contribution in [1.82, 2.24) is 14.5 Å². The first-order valence-electron chi connectivity index (χ1n) is 9.58. The summed E-state index contributed by atoms with van der Waals surface area (Å²) in [7, 11) is 0. The maximum atomic E-state index is 12.7. The van der Waals surface area contributed by atoms with Crippen LogP contribution >= 0.6 is 0 Å². The lowest BCUT2D eigenvalue weighted by Gasteiger charge is -2.13. The third-order valence-electron chi connectivity index (χ3n) is 4.63. The lowest BCUT2D eigenvalue weighted by Crippen LogP contribution is -2.41. The van der Waals surface area contributed by atoms with E-state index in [0.29, 0.717) is 10.9 Å². The molecule has 2 amide bonds. The van der Waals surface area contributed by atoms with Crippen molar-refractivity contribution in [2.75, 3.05) is 11.9 Å². The van der Waals surface area contributed by atoms with Crippen LogP contribution in [0.5, 0.6) is 0 Å². The average molecular weight is 448 g/mol. The SMILES string of the molecule is CCn1c(=O)c2ccccc2n(CC(=O)Nc2ccc(C(=O)NCC(F)(F)F)cc2)c1=O. The molecule has 0 aliphatic carbocycles. The lowest BCUT2D eigenvalue weighted by atomic mass is 10.2.